The molecule has 0 radical (unpaired) electrons. The molecule has 1 aliphatic carbocycles. The van der Waals surface area contributed by atoms with Gasteiger partial charge in [-0.05, 0) is 36.6 Å². The summed E-state index contributed by atoms with van der Waals surface area (Å²) < 4.78 is 10.4. The van der Waals surface area contributed by atoms with E-state index in [0.29, 0.717) is 11.4 Å². The molecule has 2 amide bonds. The predicted octanol–water partition coefficient (Wildman–Crippen LogP) is 1.73. The first-order valence-corrected chi connectivity index (χ1v) is 8.71. The summed E-state index contributed by atoms with van der Waals surface area (Å²) in [6.07, 6.45) is 3.01. The summed E-state index contributed by atoms with van der Waals surface area (Å²) in [5.41, 5.74) is 0.722. The first kappa shape index (κ1) is 18.7. The van der Waals surface area contributed by atoms with Crippen molar-refractivity contribution in [2.45, 2.75) is 24.3 Å². The van der Waals surface area contributed by atoms with Crippen LogP contribution in [0.3, 0.4) is 0 Å². The van der Waals surface area contributed by atoms with E-state index in [1.165, 1.54) is 14.2 Å². The van der Waals surface area contributed by atoms with Gasteiger partial charge in [0.15, 0.2) is 6.04 Å². The van der Waals surface area contributed by atoms with Crippen LogP contribution in [0.4, 0.5) is 0 Å². The standard InChI is InChI=1S/C20H23N3O4/c1-21-18(24)17(16-12-15(27-3)8-11-22-16)23-19(25)20(9-10-20)13-4-6-14(26-2)7-5-13/h4-8,11-12,17H,9-10H2,1-3H3,(H,21,24)(H,23,25). The molecule has 1 aliphatic rings. The maximum atomic E-state index is 13.1. The van der Waals surface area contributed by atoms with E-state index in [1.54, 1.807) is 25.4 Å². The molecule has 2 N–H and O–H groups in total. The summed E-state index contributed by atoms with van der Waals surface area (Å²) >= 11 is 0. The van der Waals surface area contributed by atoms with Crippen LogP contribution in [0.25, 0.3) is 0 Å². The van der Waals surface area contributed by atoms with Gasteiger partial charge in [-0.25, -0.2) is 0 Å². The highest BCUT2D eigenvalue weighted by Crippen LogP contribution is 2.49. The fraction of sp³-hybridized carbons (Fsp3) is 0.350. The molecule has 0 aliphatic heterocycles. The van der Waals surface area contributed by atoms with Gasteiger partial charge in [0.05, 0.1) is 25.3 Å². The van der Waals surface area contributed by atoms with Crippen molar-refractivity contribution in [1.82, 2.24) is 15.6 Å². The smallest absolute Gasteiger partial charge is 0.248 e. The molecule has 1 atom stereocenters. The molecule has 0 spiro atoms. The number of aromatic nitrogens is 1. The van der Waals surface area contributed by atoms with Crippen molar-refractivity contribution >= 4 is 11.8 Å². The number of likely N-dealkylation sites (N-methyl/N-ethyl adjacent to an activating group) is 1. The van der Waals surface area contributed by atoms with Gasteiger partial charge in [0.2, 0.25) is 11.8 Å². The molecule has 3 rings (SSSR count). The first-order chi connectivity index (χ1) is 13.0. The monoisotopic (exact) mass is 369 g/mol. The Hall–Kier alpha value is -3.09. The number of hydrogen-bond acceptors (Lipinski definition) is 5. The fourth-order valence-electron chi connectivity index (χ4n) is 3.08. The third-order valence-corrected chi connectivity index (χ3v) is 4.90. The van der Waals surface area contributed by atoms with E-state index in [9.17, 15) is 9.59 Å². The van der Waals surface area contributed by atoms with Crippen molar-refractivity contribution in [1.29, 1.82) is 0 Å². The molecule has 7 heteroatoms. The second-order valence-electron chi connectivity index (χ2n) is 6.45. The van der Waals surface area contributed by atoms with Crippen LogP contribution < -0.4 is 20.1 Å². The zero-order valence-electron chi connectivity index (χ0n) is 15.6. The molecular weight excluding hydrogens is 346 g/mol. The van der Waals surface area contributed by atoms with E-state index < -0.39 is 11.5 Å². The summed E-state index contributed by atoms with van der Waals surface area (Å²) in [7, 11) is 4.66. The maximum absolute atomic E-state index is 13.1. The van der Waals surface area contributed by atoms with Gasteiger partial charge in [0.25, 0.3) is 0 Å². The van der Waals surface area contributed by atoms with Crippen LogP contribution in [0.2, 0.25) is 0 Å². The van der Waals surface area contributed by atoms with Crippen LogP contribution in [0.15, 0.2) is 42.6 Å². The zero-order chi connectivity index (χ0) is 19.4. The summed E-state index contributed by atoms with van der Waals surface area (Å²) in [6.45, 7) is 0. The Kier molecular flexibility index (Phi) is 5.30. The van der Waals surface area contributed by atoms with E-state index in [2.05, 4.69) is 15.6 Å². The summed E-state index contributed by atoms with van der Waals surface area (Å²) in [5.74, 6) is 0.777. The lowest BCUT2D eigenvalue weighted by molar-refractivity contribution is -0.130. The zero-order valence-corrected chi connectivity index (χ0v) is 15.6. The van der Waals surface area contributed by atoms with Gasteiger partial charge < -0.3 is 20.1 Å². The minimum absolute atomic E-state index is 0.189. The Morgan fingerprint density at radius 3 is 2.30 bits per heavy atom. The van der Waals surface area contributed by atoms with Crippen molar-refractivity contribution < 1.29 is 19.1 Å². The van der Waals surface area contributed by atoms with Crippen LogP contribution in [0.5, 0.6) is 11.5 Å². The van der Waals surface area contributed by atoms with Gasteiger partial charge in [-0.15, -0.1) is 0 Å². The lowest BCUT2D eigenvalue weighted by Gasteiger charge is -2.22. The topological polar surface area (TPSA) is 89.6 Å². The number of carbonyl (C=O) groups excluding carboxylic acids is 2. The second-order valence-corrected chi connectivity index (χ2v) is 6.45. The summed E-state index contributed by atoms with van der Waals surface area (Å²) in [6, 6.07) is 9.89. The van der Waals surface area contributed by atoms with E-state index >= 15 is 0 Å². The van der Waals surface area contributed by atoms with Crippen LogP contribution in [0, 0.1) is 0 Å². The van der Waals surface area contributed by atoms with Gasteiger partial charge in [-0.3, -0.25) is 14.6 Å². The second kappa shape index (κ2) is 7.65. The quantitative estimate of drug-likeness (QED) is 0.776. The number of nitrogens with one attached hydrogen (secondary N) is 2. The molecule has 7 nitrogen and oxygen atoms in total. The normalized spacial score (nSPS) is 15.4. The number of ether oxygens (including phenoxy) is 2. The Balaban J connectivity index is 1.84. The van der Waals surface area contributed by atoms with Gasteiger partial charge in [-0.1, -0.05) is 12.1 Å². The first-order valence-electron chi connectivity index (χ1n) is 8.71. The number of nitrogens with zero attached hydrogens (tertiary/aromatic N) is 1. The number of pyridine rings is 1. The van der Waals surface area contributed by atoms with Gasteiger partial charge in [0, 0.05) is 19.3 Å². The Morgan fingerprint density at radius 1 is 1.07 bits per heavy atom. The number of rotatable bonds is 7. The number of benzene rings is 1. The Labute approximate surface area is 158 Å². The molecule has 1 aromatic heterocycles. The minimum atomic E-state index is -0.895. The van der Waals surface area contributed by atoms with Crippen molar-refractivity contribution in [2.75, 3.05) is 21.3 Å². The molecule has 27 heavy (non-hydrogen) atoms. The summed E-state index contributed by atoms with van der Waals surface area (Å²) in [4.78, 5) is 29.7. The van der Waals surface area contributed by atoms with E-state index in [1.807, 2.05) is 24.3 Å². The number of hydrogen-bond donors (Lipinski definition) is 2. The van der Waals surface area contributed by atoms with Gasteiger partial charge in [0.1, 0.15) is 11.5 Å². The van der Waals surface area contributed by atoms with Gasteiger partial charge in [-0.2, -0.15) is 0 Å². The lowest BCUT2D eigenvalue weighted by Crippen LogP contribution is -2.43. The average Bonchev–Trinajstić information content (AvgIpc) is 3.53. The minimum Gasteiger partial charge on any atom is -0.497 e. The molecule has 1 unspecified atom stereocenters. The molecule has 142 valence electrons. The highest BCUT2D eigenvalue weighted by atomic mass is 16.5. The average molecular weight is 369 g/mol. The molecule has 0 saturated heterocycles. The Morgan fingerprint density at radius 2 is 1.74 bits per heavy atom. The maximum Gasteiger partial charge on any atom is 0.248 e. The molecule has 0 bridgehead atoms. The van der Waals surface area contributed by atoms with Crippen molar-refractivity contribution in [3.63, 3.8) is 0 Å². The van der Waals surface area contributed by atoms with Crippen LogP contribution in [0.1, 0.15) is 30.1 Å². The highest BCUT2D eigenvalue weighted by molar-refractivity contribution is 5.95. The van der Waals surface area contributed by atoms with Crippen molar-refractivity contribution in [3.8, 4) is 11.5 Å². The number of methoxy groups -OCH3 is 2. The van der Waals surface area contributed by atoms with E-state index in [4.69, 9.17) is 9.47 Å². The van der Waals surface area contributed by atoms with Crippen molar-refractivity contribution in [3.05, 3.63) is 53.9 Å². The highest BCUT2D eigenvalue weighted by Gasteiger charge is 2.52. The summed E-state index contributed by atoms with van der Waals surface area (Å²) in [5, 5.41) is 5.45. The fourth-order valence-corrected chi connectivity index (χ4v) is 3.08. The van der Waals surface area contributed by atoms with Crippen LogP contribution in [-0.4, -0.2) is 38.1 Å². The number of amides is 2. The largest absolute Gasteiger partial charge is 0.497 e. The molecule has 1 saturated carbocycles. The van der Waals surface area contributed by atoms with Crippen LogP contribution in [-0.2, 0) is 15.0 Å². The lowest BCUT2D eigenvalue weighted by atomic mass is 9.94. The SMILES string of the molecule is CNC(=O)C(NC(=O)C1(c2ccc(OC)cc2)CC1)c1cc(OC)ccn1. The van der Waals surface area contributed by atoms with E-state index in [0.717, 1.165) is 24.2 Å². The molecule has 1 heterocycles. The Bertz CT molecular complexity index is 831. The van der Waals surface area contributed by atoms with Crippen molar-refractivity contribution in [2.24, 2.45) is 0 Å². The molecular formula is C20H23N3O4. The van der Waals surface area contributed by atoms with Gasteiger partial charge >= 0.3 is 0 Å². The third-order valence-electron chi connectivity index (χ3n) is 4.90. The molecule has 2 aromatic rings. The predicted molar refractivity (Wildman–Crippen MR) is 99.6 cm³/mol. The number of carbonyl (C=O) groups is 2. The molecule has 1 aromatic carbocycles. The molecule has 1 fully saturated rings. The van der Waals surface area contributed by atoms with Crippen LogP contribution >= 0.6 is 0 Å². The van der Waals surface area contributed by atoms with E-state index in [-0.39, 0.29) is 11.8 Å². The third kappa shape index (κ3) is 3.72.